The summed E-state index contributed by atoms with van der Waals surface area (Å²) in [5.74, 6) is -0.264. The van der Waals surface area contributed by atoms with Crippen LogP contribution in [-0.4, -0.2) is 49.7 Å². The number of hydrogen-bond acceptors (Lipinski definition) is 3. The predicted octanol–water partition coefficient (Wildman–Crippen LogP) is 2.47. The number of likely N-dealkylation sites (N-methyl/N-ethyl adjacent to an activating group) is 1. The Morgan fingerprint density at radius 1 is 1.42 bits per heavy atom. The van der Waals surface area contributed by atoms with Crippen molar-refractivity contribution in [2.45, 2.75) is 44.1 Å². The summed E-state index contributed by atoms with van der Waals surface area (Å²) in [5, 5.41) is 3.25. The summed E-state index contributed by atoms with van der Waals surface area (Å²) in [5.41, 5.74) is 0.0981. The zero-order chi connectivity index (χ0) is 17.0. The van der Waals surface area contributed by atoms with E-state index in [0.29, 0.717) is 26.1 Å². The van der Waals surface area contributed by atoms with Crippen LogP contribution in [0.25, 0.3) is 0 Å². The molecular weight excluding hydrogens is 307 g/mol. The molecule has 24 heavy (non-hydrogen) atoms. The molecule has 1 amide bonds. The third-order valence-electron chi connectivity index (χ3n) is 5.45. The number of benzene rings is 1. The fourth-order valence-corrected chi connectivity index (χ4v) is 3.94. The largest absolute Gasteiger partial charge is 0.381 e. The van der Waals surface area contributed by atoms with Gasteiger partial charge in [0.05, 0.1) is 5.41 Å². The first-order valence-corrected chi connectivity index (χ1v) is 9.01. The Bertz CT molecular complexity index is 572. The predicted molar refractivity (Wildman–Crippen MR) is 91.4 cm³/mol. The SMILES string of the molecule is CCN1CCCC(NC(=O)C2(c3cccc(F)c3)CCOCC2)C1. The Kier molecular flexibility index (Phi) is 5.51. The maximum atomic E-state index is 13.7. The van der Waals surface area contributed by atoms with Crippen molar-refractivity contribution in [2.24, 2.45) is 0 Å². The number of likely N-dealkylation sites (tertiary alicyclic amines) is 1. The van der Waals surface area contributed by atoms with Gasteiger partial charge in [0.2, 0.25) is 5.91 Å². The van der Waals surface area contributed by atoms with Crippen LogP contribution in [0.5, 0.6) is 0 Å². The molecule has 0 saturated carbocycles. The standard InChI is InChI=1S/C19H27FN2O2/c1-2-22-10-4-7-17(14-22)21-18(23)19(8-11-24-12-9-19)15-5-3-6-16(20)13-15/h3,5-6,13,17H,2,4,7-12,14H2,1H3,(H,21,23). The molecule has 0 spiro atoms. The van der Waals surface area contributed by atoms with Gasteiger partial charge in [0.25, 0.3) is 0 Å². The summed E-state index contributed by atoms with van der Waals surface area (Å²) in [6.07, 6.45) is 3.33. The summed E-state index contributed by atoms with van der Waals surface area (Å²) in [6.45, 7) is 6.24. The number of amides is 1. The van der Waals surface area contributed by atoms with Crippen LogP contribution in [0.1, 0.15) is 38.2 Å². The Morgan fingerprint density at radius 3 is 2.92 bits per heavy atom. The van der Waals surface area contributed by atoms with Gasteiger partial charge in [0, 0.05) is 25.8 Å². The molecule has 1 aromatic rings. The van der Waals surface area contributed by atoms with Gasteiger partial charge in [0.15, 0.2) is 0 Å². The van der Waals surface area contributed by atoms with Crippen molar-refractivity contribution in [3.63, 3.8) is 0 Å². The van der Waals surface area contributed by atoms with Crippen molar-refractivity contribution in [1.29, 1.82) is 0 Å². The van der Waals surface area contributed by atoms with Crippen molar-refractivity contribution in [3.8, 4) is 0 Å². The molecule has 0 bridgehead atoms. The molecule has 2 aliphatic heterocycles. The Morgan fingerprint density at radius 2 is 2.21 bits per heavy atom. The van der Waals surface area contributed by atoms with E-state index in [0.717, 1.165) is 38.0 Å². The maximum absolute atomic E-state index is 13.7. The highest BCUT2D eigenvalue weighted by Gasteiger charge is 2.42. The van der Waals surface area contributed by atoms with Gasteiger partial charge < -0.3 is 15.0 Å². The van der Waals surface area contributed by atoms with Crippen LogP contribution in [0.15, 0.2) is 24.3 Å². The zero-order valence-corrected chi connectivity index (χ0v) is 14.4. The quantitative estimate of drug-likeness (QED) is 0.920. The highest BCUT2D eigenvalue weighted by Crippen LogP contribution is 2.35. The lowest BCUT2D eigenvalue weighted by Gasteiger charge is -2.39. The van der Waals surface area contributed by atoms with Gasteiger partial charge in [-0.3, -0.25) is 4.79 Å². The average Bonchev–Trinajstić information content (AvgIpc) is 2.62. The van der Waals surface area contributed by atoms with E-state index in [1.807, 2.05) is 6.07 Å². The van der Waals surface area contributed by atoms with E-state index in [2.05, 4.69) is 17.1 Å². The fraction of sp³-hybridized carbons (Fsp3) is 0.632. The number of rotatable bonds is 4. The van der Waals surface area contributed by atoms with E-state index in [1.54, 1.807) is 6.07 Å². The summed E-state index contributed by atoms with van der Waals surface area (Å²) >= 11 is 0. The molecule has 5 heteroatoms. The van der Waals surface area contributed by atoms with Crippen LogP contribution in [0.4, 0.5) is 4.39 Å². The maximum Gasteiger partial charge on any atom is 0.231 e. The molecule has 2 saturated heterocycles. The number of ether oxygens (including phenoxy) is 1. The highest BCUT2D eigenvalue weighted by atomic mass is 19.1. The molecule has 2 fully saturated rings. The number of nitrogens with one attached hydrogen (secondary N) is 1. The van der Waals surface area contributed by atoms with Crippen LogP contribution >= 0.6 is 0 Å². The Hall–Kier alpha value is -1.46. The molecule has 1 N–H and O–H groups in total. The highest BCUT2D eigenvalue weighted by molar-refractivity contribution is 5.88. The summed E-state index contributed by atoms with van der Waals surface area (Å²) in [6, 6.07) is 6.67. The van der Waals surface area contributed by atoms with Gasteiger partial charge in [-0.05, 0) is 56.5 Å². The normalized spacial score (nSPS) is 24.5. The smallest absolute Gasteiger partial charge is 0.231 e. The number of nitrogens with zero attached hydrogens (tertiary/aromatic N) is 1. The zero-order valence-electron chi connectivity index (χ0n) is 14.4. The summed E-state index contributed by atoms with van der Waals surface area (Å²) < 4.78 is 19.2. The van der Waals surface area contributed by atoms with Crippen molar-refractivity contribution >= 4 is 5.91 Å². The molecule has 1 unspecified atom stereocenters. The Balaban J connectivity index is 1.79. The lowest BCUT2D eigenvalue weighted by atomic mass is 9.73. The molecule has 0 aromatic heterocycles. The van der Waals surface area contributed by atoms with Gasteiger partial charge in [0.1, 0.15) is 5.82 Å². The topological polar surface area (TPSA) is 41.6 Å². The molecule has 0 aliphatic carbocycles. The van der Waals surface area contributed by atoms with Crippen LogP contribution in [0, 0.1) is 5.82 Å². The van der Waals surface area contributed by atoms with Gasteiger partial charge in [-0.25, -0.2) is 4.39 Å². The first-order valence-electron chi connectivity index (χ1n) is 9.01. The molecule has 2 heterocycles. The third kappa shape index (κ3) is 3.62. The third-order valence-corrected chi connectivity index (χ3v) is 5.45. The second kappa shape index (κ2) is 7.62. The van der Waals surface area contributed by atoms with E-state index in [-0.39, 0.29) is 17.8 Å². The molecule has 132 valence electrons. The van der Waals surface area contributed by atoms with Crippen molar-refractivity contribution in [1.82, 2.24) is 10.2 Å². The molecule has 1 atom stereocenters. The fourth-order valence-electron chi connectivity index (χ4n) is 3.94. The van der Waals surface area contributed by atoms with Crippen molar-refractivity contribution in [2.75, 3.05) is 32.8 Å². The molecule has 3 rings (SSSR count). The molecule has 2 aliphatic rings. The van der Waals surface area contributed by atoms with Crippen molar-refractivity contribution in [3.05, 3.63) is 35.6 Å². The summed E-state index contributed by atoms with van der Waals surface area (Å²) in [7, 11) is 0. The van der Waals surface area contributed by atoms with Gasteiger partial charge in [-0.2, -0.15) is 0 Å². The minimum atomic E-state index is -0.672. The second-order valence-corrected chi connectivity index (χ2v) is 6.91. The van der Waals surface area contributed by atoms with E-state index < -0.39 is 5.41 Å². The van der Waals surface area contributed by atoms with Gasteiger partial charge in [-0.1, -0.05) is 19.1 Å². The second-order valence-electron chi connectivity index (χ2n) is 6.91. The molecule has 4 nitrogen and oxygen atoms in total. The number of hydrogen-bond donors (Lipinski definition) is 1. The number of halogens is 1. The van der Waals surface area contributed by atoms with Gasteiger partial charge in [-0.15, -0.1) is 0 Å². The average molecular weight is 334 g/mol. The first-order chi connectivity index (χ1) is 11.6. The van der Waals surface area contributed by atoms with E-state index in [9.17, 15) is 9.18 Å². The molecule has 0 radical (unpaired) electrons. The van der Waals surface area contributed by atoms with Crippen LogP contribution in [0.2, 0.25) is 0 Å². The minimum absolute atomic E-state index is 0.0272. The lowest BCUT2D eigenvalue weighted by Crippen LogP contribution is -2.54. The lowest BCUT2D eigenvalue weighted by molar-refractivity contribution is -0.131. The molecular formula is C19H27FN2O2. The number of carbonyl (C=O) groups excluding carboxylic acids is 1. The minimum Gasteiger partial charge on any atom is -0.381 e. The van der Waals surface area contributed by atoms with Crippen LogP contribution < -0.4 is 5.32 Å². The van der Waals surface area contributed by atoms with E-state index in [1.165, 1.54) is 12.1 Å². The van der Waals surface area contributed by atoms with Gasteiger partial charge >= 0.3 is 0 Å². The Labute approximate surface area is 143 Å². The van der Waals surface area contributed by atoms with E-state index >= 15 is 0 Å². The van der Waals surface area contributed by atoms with E-state index in [4.69, 9.17) is 4.74 Å². The van der Waals surface area contributed by atoms with Crippen molar-refractivity contribution < 1.29 is 13.9 Å². The van der Waals surface area contributed by atoms with Crippen LogP contribution in [-0.2, 0) is 14.9 Å². The molecule has 1 aromatic carbocycles. The number of piperidine rings is 1. The summed E-state index contributed by atoms with van der Waals surface area (Å²) in [4.78, 5) is 15.6. The number of carbonyl (C=O) groups is 1. The monoisotopic (exact) mass is 334 g/mol. The van der Waals surface area contributed by atoms with Crippen LogP contribution in [0.3, 0.4) is 0 Å². The first kappa shape index (κ1) is 17.4.